The largest absolute Gasteiger partial charge is 0.294 e. The third-order valence-corrected chi connectivity index (χ3v) is 3.87. The van der Waals surface area contributed by atoms with E-state index in [0.29, 0.717) is 5.02 Å². The molecule has 0 fully saturated rings. The highest BCUT2D eigenvalue weighted by molar-refractivity contribution is 9.10. The first-order chi connectivity index (χ1) is 6.11. The van der Waals surface area contributed by atoms with Crippen LogP contribution >= 0.6 is 27.5 Å². The lowest BCUT2D eigenvalue weighted by Gasteiger charge is -2.01. The van der Waals surface area contributed by atoms with Crippen LogP contribution in [0.3, 0.4) is 0 Å². The number of Topliss-reactive ketones (excluding diaryl/α,β-unsaturated/α-hetero) is 1. The number of carbonyl (C=O) groups is 1. The number of fused-ring (bicyclic) bond motifs is 1. The van der Waals surface area contributed by atoms with E-state index in [1.165, 1.54) is 0 Å². The highest BCUT2D eigenvalue weighted by atomic mass is 79.9. The molecule has 13 heavy (non-hydrogen) atoms. The van der Waals surface area contributed by atoms with Crippen molar-refractivity contribution in [3.63, 3.8) is 0 Å². The molecule has 1 aliphatic carbocycles. The molecule has 0 amide bonds. The summed E-state index contributed by atoms with van der Waals surface area (Å²) in [6, 6.07) is 3.58. The molecule has 1 atom stereocenters. The molecule has 0 spiro atoms. The number of hydrogen-bond acceptors (Lipinski definition) is 1. The summed E-state index contributed by atoms with van der Waals surface area (Å²) in [7, 11) is 0. The van der Waals surface area contributed by atoms with Gasteiger partial charge in [-0.25, -0.2) is 0 Å². The Morgan fingerprint density at radius 3 is 2.92 bits per heavy atom. The molecule has 68 valence electrons. The molecule has 1 unspecified atom stereocenters. The van der Waals surface area contributed by atoms with E-state index < -0.39 is 0 Å². The summed E-state index contributed by atoms with van der Waals surface area (Å²) < 4.78 is 0.879. The van der Waals surface area contributed by atoms with Crippen molar-refractivity contribution < 1.29 is 4.79 Å². The van der Waals surface area contributed by atoms with Gasteiger partial charge in [0, 0.05) is 16.0 Å². The highest BCUT2D eigenvalue weighted by Crippen LogP contribution is 2.36. The molecule has 3 heteroatoms. The Hall–Kier alpha value is -0.340. The molecular weight excluding hydrogens is 251 g/mol. The fourth-order valence-corrected chi connectivity index (χ4v) is 2.37. The summed E-state index contributed by atoms with van der Waals surface area (Å²) >= 11 is 9.33. The highest BCUT2D eigenvalue weighted by Gasteiger charge is 2.28. The lowest BCUT2D eigenvalue weighted by molar-refractivity contribution is 0.0946. The van der Waals surface area contributed by atoms with E-state index in [2.05, 4.69) is 15.9 Å². The third-order valence-electron chi connectivity index (χ3n) is 2.42. The maximum atomic E-state index is 11.6. The summed E-state index contributed by atoms with van der Waals surface area (Å²) in [5.41, 5.74) is 1.88. The summed E-state index contributed by atoms with van der Waals surface area (Å²) in [5.74, 6) is 0.331. The van der Waals surface area contributed by atoms with E-state index in [1.54, 1.807) is 6.07 Å². The average molecular weight is 260 g/mol. The monoisotopic (exact) mass is 258 g/mol. The number of carbonyl (C=O) groups excluding carboxylic acids is 1. The lowest BCUT2D eigenvalue weighted by atomic mass is 10.1. The third kappa shape index (κ3) is 1.32. The second-order valence-electron chi connectivity index (χ2n) is 3.36. The fraction of sp³-hybridized carbons (Fsp3) is 0.300. The molecule has 1 nitrogen and oxygen atoms in total. The average Bonchev–Trinajstić information content (AvgIpc) is 2.38. The molecule has 0 N–H and O–H groups in total. The predicted molar refractivity (Wildman–Crippen MR) is 56.4 cm³/mol. The van der Waals surface area contributed by atoms with Crippen LogP contribution in [0.2, 0.25) is 5.02 Å². The maximum Gasteiger partial charge on any atom is 0.166 e. The number of hydrogen-bond donors (Lipinski definition) is 0. The van der Waals surface area contributed by atoms with Crippen molar-refractivity contribution in [2.24, 2.45) is 5.92 Å². The second kappa shape index (κ2) is 3.10. The van der Waals surface area contributed by atoms with E-state index >= 15 is 0 Å². The Bertz CT molecular complexity index is 387. The quantitative estimate of drug-likeness (QED) is 0.697. The normalized spacial score (nSPS) is 20.5. The molecule has 0 heterocycles. The second-order valence-corrected chi connectivity index (χ2v) is 4.56. The van der Waals surface area contributed by atoms with Gasteiger partial charge < -0.3 is 0 Å². The van der Waals surface area contributed by atoms with Crippen molar-refractivity contribution in [3.8, 4) is 0 Å². The molecular formula is C10H8BrClO. The van der Waals surface area contributed by atoms with E-state index in [-0.39, 0.29) is 11.7 Å². The minimum atomic E-state index is 0.102. The molecule has 1 aromatic rings. The van der Waals surface area contributed by atoms with E-state index in [9.17, 15) is 4.79 Å². The Balaban J connectivity index is 2.64. The van der Waals surface area contributed by atoms with Crippen molar-refractivity contribution in [2.45, 2.75) is 13.3 Å². The Labute approximate surface area is 90.2 Å². The summed E-state index contributed by atoms with van der Waals surface area (Å²) in [6.07, 6.45) is 0.801. The van der Waals surface area contributed by atoms with Crippen LogP contribution in [0.5, 0.6) is 0 Å². The van der Waals surface area contributed by atoms with Gasteiger partial charge in [0.15, 0.2) is 5.78 Å². The van der Waals surface area contributed by atoms with Crippen LogP contribution in [0.15, 0.2) is 16.6 Å². The van der Waals surface area contributed by atoms with E-state index in [4.69, 9.17) is 11.6 Å². The van der Waals surface area contributed by atoms with Gasteiger partial charge in [-0.05, 0) is 40.0 Å². The van der Waals surface area contributed by atoms with Gasteiger partial charge in [-0.3, -0.25) is 4.79 Å². The lowest BCUT2D eigenvalue weighted by Crippen LogP contribution is -2.02. The van der Waals surface area contributed by atoms with Gasteiger partial charge in [0.1, 0.15) is 0 Å². The molecule has 0 saturated heterocycles. The number of rotatable bonds is 0. The topological polar surface area (TPSA) is 17.1 Å². The molecule has 0 radical (unpaired) electrons. The number of benzene rings is 1. The van der Waals surface area contributed by atoms with Crippen molar-refractivity contribution in [2.75, 3.05) is 0 Å². The molecule has 0 aliphatic heterocycles. The SMILES string of the molecule is CC1Cc2c(ccc(Cl)c2Br)C1=O. The predicted octanol–water partition coefficient (Wildman–Crippen LogP) is 3.48. The van der Waals surface area contributed by atoms with Gasteiger partial charge >= 0.3 is 0 Å². The summed E-state index contributed by atoms with van der Waals surface area (Å²) in [6.45, 7) is 1.95. The van der Waals surface area contributed by atoms with Crippen LogP contribution in [0, 0.1) is 5.92 Å². The van der Waals surface area contributed by atoms with Crippen molar-refractivity contribution in [3.05, 3.63) is 32.8 Å². The molecule has 0 aromatic heterocycles. The molecule has 0 bridgehead atoms. The van der Waals surface area contributed by atoms with Crippen LogP contribution in [-0.2, 0) is 6.42 Å². The maximum absolute atomic E-state index is 11.6. The summed E-state index contributed by atoms with van der Waals surface area (Å²) in [4.78, 5) is 11.6. The first-order valence-corrected chi connectivity index (χ1v) is 5.29. The molecule has 2 rings (SSSR count). The van der Waals surface area contributed by atoms with Crippen molar-refractivity contribution in [1.29, 1.82) is 0 Å². The van der Waals surface area contributed by atoms with Gasteiger partial charge in [0.25, 0.3) is 0 Å². The first kappa shape index (κ1) is 9.22. The van der Waals surface area contributed by atoms with Crippen molar-refractivity contribution >= 4 is 33.3 Å². The van der Waals surface area contributed by atoms with Crippen LogP contribution in [0.1, 0.15) is 22.8 Å². The standard InChI is InChI=1S/C10H8BrClO/c1-5-4-7-6(10(5)13)2-3-8(12)9(7)11/h2-3,5H,4H2,1H3. The van der Waals surface area contributed by atoms with Gasteiger partial charge in [-0.2, -0.15) is 0 Å². The fourth-order valence-electron chi connectivity index (χ4n) is 1.69. The zero-order valence-electron chi connectivity index (χ0n) is 7.10. The molecule has 1 aromatic carbocycles. The van der Waals surface area contributed by atoms with Gasteiger partial charge in [0.05, 0.1) is 5.02 Å². The zero-order chi connectivity index (χ0) is 9.59. The van der Waals surface area contributed by atoms with Crippen molar-refractivity contribution in [1.82, 2.24) is 0 Å². The van der Waals surface area contributed by atoms with Gasteiger partial charge in [-0.1, -0.05) is 18.5 Å². The Kier molecular flexibility index (Phi) is 2.20. The zero-order valence-corrected chi connectivity index (χ0v) is 9.45. The van der Waals surface area contributed by atoms with E-state index in [1.807, 2.05) is 13.0 Å². The van der Waals surface area contributed by atoms with Crippen LogP contribution in [-0.4, -0.2) is 5.78 Å². The first-order valence-electron chi connectivity index (χ1n) is 4.12. The van der Waals surface area contributed by atoms with Gasteiger partial charge in [0.2, 0.25) is 0 Å². The number of halogens is 2. The minimum absolute atomic E-state index is 0.102. The Morgan fingerprint density at radius 2 is 2.23 bits per heavy atom. The van der Waals surface area contributed by atoms with Crippen LogP contribution in [0.25, 0.3) is 0 Å². The summed E-state index contributed by atoms with van der Waals surface area (Å²) in [5, 5.41) is 0.681. The van der Waals surface area contributed by atoms with E-state index in [0.717, 1.165) is 22.0 Å². The molecule has 1 aliphatic rings. The smallest absolute Gasteiger partial charge is 0.166 e. The molecule has 0 saturated carbocycles. The minimum Gasteiger partial charge on any atom is -0.294 e. The van der Waals surface area contributed by atoms with Crippen LogP contribution < -0.4 is 0 Å². The van der Waals surface area contributed by atoms with Crippen LogP contribution in [0.4, 0.5) is 0 Å². The van der Waals surface area contributed by atoms with Gasteiger partial charge in [-0.15, -0.1) is 0 Å². The number of ketones is 1. The Morgan fingerprint density at radius 1 is 1.54 bits per heavy atom.